The van der Waals surface area contributed by atoms with Gasteiger partial charge < -0.3 is 5.32 Å². The van der Waals surface area contributed by atoms with Crippen molar-refractivity contribution in [2.45, 2.75) is 39.8 Å². The van der Waals surface area contributed by atoms with Crippen LogP contribution in [0.25, 0.3) is 0 Å². The zero-order valence-corrected chi connectivity index (χ0v) is 12.8. The first-order valence-corrected chi connectivity index (χ1v) is 6.92. The van der Waals surface area contributed by atoms with Gasteiger partial charge in [0.2, 0.25) is 5.69 Å². The summed E-state index contributed by atoms with van der Waals surface area (Å²) in [6.07, 6.45) is 0. The second-order valence-corrected chi connectivity index (χ2v) is 5.29. The number of hydrogen-bond donors (Lipinski definition) is 1. The number of anilines is 1. The minimum Gasteiger partial charge on any atom is -0.369 e. The van der Waals surface area contributed by atoms with Gasteiger partial charge in [-0.2, -0.15) is 5.26 Å². The molecule has 1 aromatic rings. The second-order valence-electron chi connectivity index (χ2n) is 5.29. The Balaban J connectivity index is 2.69. The SMILES string of the molecule is CC(C)N(CCNc1ccc([N+](=O)[O-])c(C#N)n1)C(C)C. The van der Waals surface area contributed by atoms with Gasteiger partial charge in [-0.05, 0) is 33.8 Å². The maximum atomic E-state index is 10.7. The molecule has 0 aromatic carbocycles. The zero-order chi connectivity index (χ0) is 16.0. The molecule has 1 N–H and O–H groups in total. The third-order valence-electron chi connectivity index (χ3n) is 3.18. The van der Waals surface area contributed by atoms with Gasteiger partial charge in [-0.25, -0.2) is 4.98 Å². The molecule has 1 heterocycles. The van der Waals surface area contributed by atoms with Crippen molar-refractivity contribution in [3.8, 4) is 6.07 Å². The highest BCUT2D eigenvalue weighted by atomic mass is 16.6. The van der Waals surface area contributed by atoms with Crippen molar-refractivity contribution in [3.05, 3.63) is 27.9 Å². The van der Waals surface area contributed by atoms with Crippen molar-refractivity contribution in [2.24, 2.45) is 0 Å². The molecule has 0 bridgehead atoms. The lowest BCUT2D eigenvalue weighted by Gasteiger charge is -2.30. The molecular formula is C14H21N5O2. The normalized spacial score (nSPS) is 11.0. The predicted molar refractivity (Wildman–Crippen MR) is 81.1 cm³/mol. The van der Waals surface area contributed by atoms with Crippen LogP contribution in [0.4, 0.5) is 11.5 Å². The summed E-state index contributed by atoms with van der Waals surface area (Å²) in [5.74, 6) is 0.476. The third-order valence-corrected chi connectivity index (χ3v) is 3.18. The molecule has 0 amide bonds. The maximum absolute atomic E-state index is 10.7. The Kier molecular flexibility index (Phi) is 6.06. The molecule has 0 aliphatic heterocycles. The molecule has 0 fully saturated rings. The molecule has 0 saturated heterocycles. The van der Waals surface area contributed by atoms with Gasteiger partial charge in [0, 0.05) is 31.2 Å². The summed E-state index contributed by atoms with van der Waals surface area (Å²) >= 11 is 0. The number of hydrogen-bond acceptors (Lipinski definition) is 6. The molecule has 0 aliphatic carbocycles. The first-order valence-electron chi connectivity index (χ1n) is 6.92. The zero-order valence-electron chi connectivity index (χ0n) is 12.8. The highest BCUT2D eigenvalue weighted by molar-refractivity contribution is 5.50. The highest BCUT2D eigenvalue weighted by Gasteiger charge is 2.16. The number of rotatable bonds is 7. The first-order chi connectivity index (χ1) is 9.86. The molecular weight excluding hydrogens is 270 g/mol. The van der Waals surface area contributed by atoms with E-state index in [4.69, 9.17) is 5.26 Å². The van der Waals surface area contributed by atoms with E-state index < -0.39 is 4.92 Å². The Morgan fingerprint density at radius 1 is 1.38 bits per heavy atom. The number of nitriles is 1. The molecule has 0 unspecified atom stereocenters. The van der Waals surface area contributed by atoms with Crippen LogP contribution in [0, 0.1) is 21.4 Å². The summed E-state index contributed by atoms with van der Waals surface area (Å²) in [6, 6.07) is 5.45. The Labute approximate surface area is 124 Å². The van der Waals surface area contributed by atoms with E-state index in [0.29, 0.717) is 24.4 Å². The van der Waals surface area contributed by atoms with Crippen LogP contribution in [0.1, 0.15) is 33.4 Å². The molecule has 7 nitrogen and oxygen atoms in total. The van der Waals surface area contributed by atoms with E-state index in [-0.39, 0.29) is 11.4 Å². The molecule has 7 heteroatoms. The topological polar surface area (TPSA) is 95.1 Å². The monoisotopic (exact) mass is 291 g/mol. The van der Waals surface area contributed by atoms with Crippen molar-refractivity contribution >= 4 is 11.5 Å². The summed E-state index contributed by atoms with van der Waals surface area (Å²) in [5, 5.41) is 22.7. The molecule has 0 saturated carbocycles. The lowest BCUT2D eigenvalue weighted by molar-refractivity contribution is -0.385. The van der Waals surface area contributed by atoms with Crippen molar-refractivity contribution in [3.63, 3.8) is 0 Å². The molecule has 0 radical (unpaired) electrons. The number of nitrogens with one attached hydrogen (secondary N) is 1. The quantitative estimate of drug-likeness (QED) is 0.612. The Hall–Kier alpha value is -2.20. The van der Waals surface area contributed by atoms with Gasteiger partial charge >= 0.3 is 5.69 Å². The van der Waals surface area contributed by atoms with E-state index in [1.807, 2.05) is 0 Å². The maximum Gasteiger partial charge on any atom is 0.305 e. The van der Waals surface area contributed by atoms with Crippen LogP contribution in [0.5, 0.6) is 0 Å². The van der Waals surface area contributed by atoms with Gasteiger partial charge in [0.25, 0.3) is 0 Å². The van der Waals surface area contributed by atoms with Crippen molar-refractivity contribution in [1.82, 2.24) is 9.88 Å². The number of pyridine rings is 1. The number of nitro groups is 1. The highest BCUT2D eigenvalue weighted by Crippen LogP contribution is 2.18. The van der Waals surface area contributed by atoms with E-state index in [2.05, 4.69) is 42.9 Å². The molecule has 0 spiro atoms. The van der Waals surface area contributed by atoms with E-state index in [1.54, 1.807) is 6.07 Å². The molecule has 0 aliphatic rings. The van der Waals surface area contributed by atoms with Gasteiger partial charge in [0.15, 0.2) is 0 Å². The summed E-state index contributed by atoms with van der Waals surface area (Å²) in [7, 11) is 0. The molecule has 114 valence electrons. The Bertz CT molecular complexity index is 529. The van der Waals surface area contributed by atoms with Crippen LogP contribution < -0.4 is 5.32 Å². The molecule has 21 heavy (non-hydrogen) atoms. The molecule has 1 aromatic heterocycles. The van der Waals surface area contributed by atoms with E-state index in [1.165, 1.54) is 12.1 Å². The van der Waals surface area contributed by atoms with Gasteiger partial charge in [-0.3, -0.25) is 15.0 Å². The van der Waals surface area contributed by atoms with E-state index >= 15 is 0 Å². The lowest BCUT2D eigenvalue weighted by Crippen LogP contribution is -2.40. The van der Waals surface area contributed by atoms with E-state index in [9.17, 15) is 10.1 Å². The van der Waals surface area contributed by atoms with Gasteiger partial charge in [0.05, 0.1) is 4.92 Å². The molecule has 1 rings (SSSR count). The smallest absolute Gasteiger partial charge is 0.305 e. The minimum atomic E-state index is -0.603. The predicted octanol–water partition coefficient (Wildman–Crippen LogP) is 2.39. The van der Waals surface area contributed by atoms with Crippen molar-refractivity contribution in [1.29, 1.82) is 5.26 Å². The Morgan fingerprint density at radius 3 is 2.48 bits per heavy atom. The largest absolute Gasteiger partial charge is 0.369 e. The van der Waals surface area contributed by atoms with Crippen LogP contribution in [0.15, 0.2) is 12.1 Å². The fraction of sp³-hybridized carbons (Fsp3) is 0.571. The van der Waals surface area contributed by atoms with Crippen molar-refractivity contribution in [2.75, 3.05) is 18.4 Å². The summed E-state index contributed by atoms with van der Waals surface area (Å²) in [5.41, 5.74) is -0.441. The summed E-state index contributed by atoms with van der Waals surface area (Å²) < 4.78 is 0. The second kappa shape index (κ2) is 7.55. The summed E-state index contributed by atoms with van der Waals surface area (Å²) in [6.45, 7) is 10.0. The average molecular weight is 291 g/mol. The Morgan fingerprint density at radius 2 is 2.00 bits per heavy atom. The van der Waals surface area contributed by atoms with Crippen LogP contribution >= 0.6 is 0 Å². The van der Waals surface area contributed by atoms with Gasteiger partial charge in [-0.1, -0.05) is 0 Å². The van der Waals surface area contributed by atoms with Gasteiger partial charge in [-0.15, -0.1) is 0 Å². The van der Waals surface area contributed by atoms with E-state index in [0.717, 1.165) is 6.54 Å². The third kappa shape index (κ3) is 4.68. The average Bonchev–Trinajstić information content (AvgIpc) is 2.42. The fourth-order valence-electron chi connectivity index (χ4n) is 2.21. The van der Waals surface area contributed by atoms with Gasteiger partial charge in [0.1, 0.15) is 11.9 Å². The van der Waals surface area contributed by atoms with Crippen LogP contribution in [0.2, 0.25) is 0 Å². The fourth-order valence-corrected chi connectivity index (χ4v) is 2.21. The van der Waals surface area contributed by atoms with Crippen LogP contribution in [0.3, 0.4) is 0 Å². The summed E-state index contributed by atoms with van der Waals surface area (Å²) in [4.78, 5) is 16.4. The molecule has 0 atom stereocenters. The van der Waals surface area contributed by atoms with Crippen LogP contribution in [-0.4, -0.2) is 40.0 Å². The standard InChI is InChI=1S/C14H21N5O2/c1-10(2)18(11(3)4)8-7-16-14-6-5-13(19(20)21)12(9-15)17-14/h5-6,10-11H,7-8H2,1-4H3,(H,16,17). The lowest BCUT2D eigenvalue weighted by atomic mass is 10.2. The van der Waals surface area contributed by atoms with Crippen LogP contribution in [-0.2, 0) is 0 Å². The first kappa shape index (κ1) is 16.9. The van der Waals surface area contributed by atoms with Crippen molar-refractivity contribution < 1.29 is 4.92 Å². The minimum absolute atomic E-state index is 0.172. The number of aromatic nitrogens is 1. The number of nitrogens with zero attached hydrogens (tertiary/aromatic N) is 4.